The van der Waals surface area contributed by atoms with E-state index in [0.29, 0.717) is 5.56 Å². The molecular weight excluding hydrogens is 250 g/mol. The molecule has 1 unspecified atom stereocenters. The molecule has 0 bridgehead atoms. The summed E-state index contributed by atoms with van der Waals surface area (Å²) >= 11 is 0. The van der Waals surface area contributed by atoms with Crippen LogP contribution in [0.4, 0.5) is 5.69 Å². The summed E-state index contributed by atoms with van der Waals surface area (Å²) < 4.78 is 4.75. The largest absolute Gasteiger partial charge is 0.465 e. The number of hydrogen-bond donors (Lipinski definition) is 1. The Balaban J connectivity index is 2.22. The third-order valence-corrected chi connectivity index (χ3v) is 3.33. The molecule has 0 saturated heterocycles. The van der Waals surface area contributed by atoms with Crippen molar-refractivity contribution in [3.63, 3.8) is 0 Å². The van der Waals surface area contributed by atoms with E-state index in [1.54, 1.807) is 6.07 Å². The Morgan fingerprint density at radius 1 is 1.15 bits per heavy atom. The fraction of sp³-hybridized carbons (Fsp3) is 0.235. The van der Waals surface area contributed by atoms with Crippen LogP contribution in [-0.2, 0) is 4.74 Å². The van der Waals surface area contributed by atoms with Crippen LogP contribution in [0, 0.1) is 6.92 Å². The van der Waals surface area contributed by atoms with Crippen molar-refractivity contribution in [1.29, 1.82) is 0 Å². The van der Waals surface area contributed by atoms with Crippen LogP contribution in [0.1, 0.15) is 34.5 Å². The van der Waals surface area contributed by atoms with Gasteiger partial charge in [-0.3, -0.25) is 0 Å². The van der Waals surface area contributed by atoms with Crippen molar-refractivity contribution in [2.45, 2.75) is 19.9 Å². The Hall–Kier alpha value is -2.29. The Bertz CT molecular complexity index is 593. The molecule has 1 N–H and O–H groups in total. The molecule has 0 amide bonds. The molecule has 0 aliphatic heterocycles. The number of esters is 1. The van der Waals surface area contributed by atoms with Gasteiger partial charge in [0.1, 0.15) is 0 Å². The molecule has 2 aromatic rings. The van der Waals surface area contributed by atoms with Gasteiger partial charge in [0.2, 0.25) is 0 Å². The quantitative estimate of drug-likeness (QED) is 0.854. The van der Waals surface area contributed by atoms with Crippen LogP contribution in [0.5, 0.6) is 0 Å². The number of anilines is 1. The van der Waals surface area contributed by atoms with E-state index in [4.69, 9.17) is 4.74 Å². The van der Waals surface area contributed by atoms with E-state index in [9.17, 15) is 4.79 Å². The minimum Gasteiger partial charge on any atom is -0.465 e. The number of rotatable bonds is 4. The van der Waals surface area contributed by atoms with Gasteiger partial charge >= 0.3 is 5.97 Å². The zero-order chi connectivity index (χ0) is 14.5. The van der Waals surface area contributed by atoms with Gasteiger partial charge in [0.15, 0.2) is 0 Å². The number of benzene rings is 2. The first-order valence-electron chi connectivity index (χ1n) is 6.62. The van der Waals surface area contributed by atoms with Crippen LogP contribution in [0.25, 0.3) is 0 Å². The van der Waals surface area contributed by atoms with Gasteiger partial charge in [-0.1, -0.05) is 36.4 Å². The molecule has 0 aliphatic carbocycles. The van der Waals surface area contributed by atoms with Crippen LogP contribution in [-0.4, -0.2) is 13.1 Å². The maximum atomic E-state index is 11.6. The van der Waals surface area contributed by atoms with Gasteiger partial charge in [-0.05, 0) is 37.1 Å². The summed E-state index contributed by atoms with van der Waals surface area (Å²) in [5, 5.41) is 3.44. The number of hydrogen-bond acceptors (Lipinski definition) is 3. The summed E-state index contributed by atoms with van der Waals surface area (Å²) in [5.74, 6) is -0.319. The third-order valence-electron chi connectivity index (χ3n) is 3.33. The molecule has 0 aromatic heterocycles. The molecule has 0 radical (unpaired) electrons. The van der Waals surface area contributed by atoms with Crippen LogP contribution in [0.2, 0.25) is 0 Å². The third kappa shape index (κ3) is 3.18. The van der Waals surface area contributed by atoms with Gasteiger partial charge in [-0.2, -0.15) is 0 Å². The molecule has 3 heteroatoms. The second-order valence-corrected chi connectivity index (χ2v) is 4.80. The summed E-state index contributed by atoms with van der Waals surface area (Å²) in [6, 6.07) is 15.9. The van der Waals surface area contributed by atoms with Gasteiger partial charge in [0.25, 0.3) is 0 Å². The smallest absolute Gasteiger partial charge is 0.337 e. The van der Waals surface area contributed by atoms with Gasteiger partial charge in [-0.15, -0.1) is 0 Å². The fourth-order valence-corrected chi connectivity index (χ4v) is 2.08. The summed E-state index contributed by atoms with van der Waals surface area (Å²) in [6.07, 6.45) is 0. The first-order valence-corrected chi connectivity index (χ1v) is 6.62. The van der Waals surface area contributed by atoms with Crippen LogP contribution in [0.15, 0.2) is 48.5 Å². The average Bonchev–Trinajstić information content (AvgIpc) is 2.49. The minimum atomic E-state index is -0.319. The molecule has 3 nitrogen and oxygen atoms in total. The standard InChI is InChI=1S/C17H19NO2/c1-12-9-10-15(17(19)20-3)11-16(12)18-13(2)14-7-5-4-6-8-14/h4-11,13,18H,1-3H3. The predicted molar refractivity (Wildman–Crippen MR) is 81.0 cm³/mol. The molecule has 0 fully saturated rings. The van der Waals surface area contributed by atoms with E-state index < -0.39 is 0 Å². The maximum absolute atomic E-state index is 11.6. The van der Waals surface area contributed by atoms with Crippen LogP contribution >= 0.6 is 0 Å². The molecule has 20 heavy (non-hydrogen) atoms. The lowest BCUT2D eigenvalue weighted by Crippen LogP contribution is -2.09. The summed E-state index contributed by atoms with van der Waals surface area (Å²) in [5.41, 5.74) is 3.81. The summed E-state index contributed by atoms with van der Waals surface area (Å²) in [4.78, 5) is 11.6. The van der Waals surface area contributed by atoms with Crippen molar-refractivity contribution in [1.82, 2.24) is 0 Å². The van der Waals surface area contributed by atoms with Crippen molar-refractivity contribution in [2.24, 2.45) is 0 Å². The monoisotopic (exact) mass is 269 g/mol. The topological polar surface area (TPSA) is 38.3 Å². The minimum absolute atomic E-state index is 0.169. The average molecular weight is 269 g/mol. The van der Waals surface area contributed by atoms with Crippen LogP contribution < -0.4 is 5.32 Å². The Morgan fingerprint density at radius 2 is 1.85 bits per heavy atom. The van der Waals surface area contributed by atoms with E-state index >= 15 is 0 Å². The molecular formula is C17H19NO2. The lowest BCUT2D eigenvalue weighted by Gasteiger charge is -2.18. The predicted octanol–water partition coefficient (Wildman–Crippen LogP) is 3.95. The van der Waals surface area contributed by atoms with E-state index in [1.807, 2.05) is 37.3 Å². The number of aryl methyl sites for hydroxylation is 1. The molecule has 2 rings (SSSR count). The summed E-state index contributed by atoms with van der Waals surface area (Å²) in [7, 11) is 1.39. The summed E-state index contributed by atoms with van der Waals surface area (Å²) in [6.45, 7) is 4.11. The molecule has 1 atom stereocenters. The maximum Gasteiger partial charge on any atom is 0.337 e. The van der Waals surface area contributed by atoms with Crippen molar-refractivity contribution < 1.29 is 9.53 Å². The molecule has 2 aromatic carbocycles. The lowest BCUT2D eigenvalue weighted by atomic mass is 10.1. The number of carbonyl (C=O) groups excluding carboxylic acids is 1. The highest BCUT2D eigenvalue weighted by Gasteiger charge is 2.10. The molecule has 104 valence electrons. The van der Waals surface area contributed by atoms with Crippen molar-refractivity contribution in [3.05, 3.63) is 65.2 Å². The zero-order valence-electron chi connectivity index (χ0n) is 12.0. The highest BCUT2D eigenvalue weighted by molar-refractivity contribution is 5.90. The van der Waals surface area contributed by atoms with Gasteiger partial charge in [-0.25, -0.2) is 4.79 Å². The van der Waals surface area contributed by atoms with Crippen LogP contribution in [0.3, 0.4) is 0 Å². The fourth-order valence-electron chi connectivity index (χ4n) is 2.08. The normalized spacial score (nSPS) is 11.8. The highest BCUT2D eigenvalue weighted by Crippen LogP contribution is 2.23. The first kappa shape index (κ1) is 14.1. The second kappa shape index (κ2) is 6.24. The SMILES string of the molecule is COC(=O)c1ccc(C)c(NC(C)c2ccccc2)c1. The zero-order valence-corrected chi connectivity index (χ0v) is 12.0. The Morgan fingerprint density at radius 3 is 2.50 bits per heavy atom. The van der Waals surface area contributed by atoms with Crippen molar-refractivity contribution >= 4 is 11.7 Å². The Labute approximate surface area is 119 Å². The molecule has 0 aliphatic rings. The second-order valence-electron chi connectivity index (χ2n) is 4.80. The highest BCUT2D eigenvalue weighted by atomic mass is 16.5. The van der Waals surface area contributed by atoms with Gasteiger partial charge < -0.3 is 10.1 Å². The van der Waals surface area contributed by atoms with E-state index in [0.717, 1.165) is 11.3 Å². The van der Waals surface area contributed by atoms with Crippen molar-refractivity contribution in [3.8, 4) is 0 Å². The van der Waals surface area contributed by atoms with E-state index in [-0.39, 0.29) is 12.0 Å². The number of nitrogens with one attached hydrogen (secondary N) is 1. The molecule has 0 heterocycles. The lowest BCUT2D eigenvalue weighted by molar-refractivity contribution is 0.0601. The van der Waals surface area contributed by atoms with Gasteiger partial charge in [0, 0.05) is 11.7 Å². The van der Waals surface area contributed by atoms with Gasteiger partial charge in [0.05, 0.1) is 12.7 Å². The van der Waals surface area contributed by atoms with E-state index in [1.165, 1.54) is 12.7 Å². The molecule has 0 spiro atoms. The number of ether oxygens (including phenoxy) is 1. The Kier molecular flexibility index (Phi) is 4.41. The number of carbonyl (C=O) groups is 1. The first-order chi connectivity index (χ1) is 9.61. The van der Waals surface area contributed by atoms with E-state index in [2.05, 4.69) is 24.4 Å². The number of methoxy groups -OCH3 is 1. The molecule has 0 saturated carbocycles. The van der Waals surface area contributed by atoms with Crippen molar-refractivity contribution in [2.75, 3.05) is 12.4 Å².